The number of amides is 2. The molecule has 0 aromatic rings. The lowest BCUT2D eigenvalue weighted by molar-refractivity contribution is -0.142. The maximum absolute atomic E-state index is 13.0. The molecule has 3 saturated heterocycles. The predicted octanol–water partition coefficient (Wildman–Crippen LogP) is 1.73. The Balaban J connectivity index is 1.57. The summed E-state index contributed by atoms with van der Waals surface area (Å²) in [4.78, 5) is 29.5. The van der Waals surface area contributed by atoms with Crippen LogP contribution >= 0.6 is 0 Å². The van der Waals surface area contributed by atoms with Crippen molar-refractivity contribution in [3.8, 4) is 0 Å². The second-order valence-corrected chi connectivity index (χ2v) is 8.01. The Morgan fingerprint density at radius 1 is 1.04 bits per heavy atom. The van der Waals surface area contributed by atoms with Gasteiger partial charge in [-0.05, 0) is 57.0 Å². The number of nitrogens with one attached hydrogen (secondary N) is 1. The Morgan fingerprint density at radius 2 is 1.71 bits per heavy atom. The zero-order valence-corrected chi connectivity index (χ0v) is 15.3. The Kier molecular flexibility index (Phi) is 5.80. The normalized spacial score (nSPS) is 32.2. The lowest BCUT2D eigenvalue weighted by Crippen LogP contribution is -2.48. The van der Waals surface area contributed by atoms with Crippen molar-refractivity contribution in [2.75, 3.05) is 39.3 Å². The number of rotatable bonds is 3. The van der Waals surface area contributed by atoms with Crippen molar-refractivity contribution < 1.29 is 9.59 Å². The van der Waals surface area contributed by atoms with E-state index in [0.717, 1.165) is 76.7 Å². The highest BCUT2D eigenvalue weighted by Gasteiger charge is 2.35. The molecule has 24 heavy (non-hydrogen) atoms. The van der Waals surface area contributed by atoms with E-state index in [1.807, 2.05) is 11.8 Å². The summed E-state index contributed by atoms with van der Waals surface area (Å²) in [6.07, 6.45) is 5.03. The summed E-state index contributed by atoms with van der Waals surface area (Å²) in [6, 6.07) is 0. The van der Waals surface area contributed by atoms with E-state index in [0.29, 0.717) is 12.5 Å². The molecule has 2 amide bonds. The van der Waals surface area contributed by atoms with Crippen LogP contribution in [0.15, 0.2) is 0 Å². The Morgan fingerprint density at radius 3 is 2.33 bits per heavy atom. The van der Waals surface area contributed by atoms with Gasteiger partial charge in [-0.15, -0.1) is 0 Å². The number of fused-ring (bicyclic) bond motifs is 1. The minimum absolute atomic E-state index is 0.0165. The molecule has 0 aromatic heterocycles. The molecule has 3 aliphatic rings. The van der Waals surface area contributed by atoms with E-state index in [4.69, 9.17) is 0 Å². The molecule has 0 bridgehead atoms. The molecule has 0 spiro atoms. The smallest absolute Gasteiger partial charge is 0.227 e. The molecule has 0 aliphatic carbocycles. The summed E-state index contributed by atoms with van der Waals surface area (Å²) >= 11 is 0. The summed E-state index contributed by atoms with van der Waals surface area (Å²) in [7, 11) is 0. The topological polar surface area (TPSA) is 52.7 Å². The fourth-order valence-corrected chi connectivity index (χ4v) is 4.56. The van der Waals surface area contributed by atoms with Crippen LogP contribution in [-0.4, -0.2) is 60.9 Å². The second kappa shape index (κ2) is 7.85. The Hall–Kier alpha value is -1.10. The number of likely N-dealkylation sites (tertiary alicyclic amines) is 2. The Labute approximate surface area is 146 Å². The van der Waals surface area contributed by atoms with Crippen LogP contribution in [0.25, 0.3) is 0 Å². The maximum atomic E-state index is 13.0. The summed E-state index contributed by atoms with van der Waals surface area (Å²) in [6.45, 7) is 9.54. The Bertz CT molecular complexity index is 454. The molecule has 3 rings (SSSR count). The predicted molar refractivity (Wildman–Crippen MR) is 94.4 cm³/mol. The molecular weight excluding hydrogens is 302 g/mol. The summed E-state index contributed by atoms with van der Waals surface area (Å²) in [5.41, 5.74) is 0. The average Bonchev–Trinajstić information content (AvgIpc) is 2.98. The zero-order chi connectivity index (χ0) is 17.1. The molecule has 3 heterocycles. The lowest BCUT2D eigenvalue weighted by Gasteiger charge is -2.36. The van der Waals surface area contributed by atoms with Crippen LogP contribution in [0.2, 0.25) is 0 Å². The third-order valence-corrected chi connectivity index (χ3v) is 6.45. The van der Waals surface area contributed by atoms with E-state index in [9.17, 15) is 9.59 Å². The van der Waals surface area contributed by atoms with Crippen molar-refractivity contribution in [1.82, 2.24) is 15.1 Å². The number of carbonyl (C=O) groups is 2. The van der Waals surface area contributed by atoms with E-state index >= 15 is 0 Å². The molecule has 5 nitrogen and oxygen atoms in total. The van der Waals surface area contributed by atoms with Gasteiger partial charge in [0.05, 0.1) is 5.92 Å². The molecule has 4 atom stereocenters. The first-order valence-corrected chi connectivity index (χ1v) is 9.88. The second-order valence-electron chi connectivity index (χ2n) is 8.01. The monoisotopic (exact) mass is 335 g/mol. The van der Waals surface area contributed by atoms with Crippen molar-refractivity contribution in [2.24, 2.45) is 23.7 Å². The standard InChI is InChI=1S/C19H33N3O2/c1-3-14(2)18(23)22-8-4-5-17(13-22)19(24)21-9-6-15-11-20-12-16(15)7-10-21/h14-17,20H,3-13H2,1-2H3/t14?,15-,16+,17?. The molecule has 136 valence electrons. The van der Waals surface area contributed by atoms with Gasteiger partial charge in [0, 0.05) is 32.1 Å². The lowest BCUT2D eigenvalue weighted by atomic mass is 9.92. The molecule has 2 unspecified atom stereocenters. The van der Waals surface area contributed by atoms with Crippen LogP contribution in [0.1, 0.15) is 46.0 Å². The highest BCUT2D eigenvalue weighted by molar-refractivity contribution is 5.82. The molecule has 3 aliphatic heterocycles. The van der Waals surface area contributed by atoms with Gasteiger partial charge in [-0.1, -0.05) is 13.8 Å². The summed E-state index contributed by atoms with van der Waals surface area (Å²) in [5, 5.41) is 3.49. The molecule has 5 heteroatoms. The minimum atomic E-state index is 0.0165. The van der Waals surface area contributed by atoms with Gasteiger partial charge < -0.3 is 15.1 Å². The summed E-state index contributed by atoms with van der Waals surface area (Å²) < 4.78 is 0. The van der Waals surface area contributed by atoms with Gasteiger partial charge in [-0.2, -0.15) is 0 Å². The van der Waals surface area contributed by atoms with Gasteiger partial charge in [0.15, 0.2) is 0 Å². The number of nitrogens with zero attached hydrogens (tertiary/aromatic N) is 2. The highest BCUT2D eigenvalue weighted by atomic mass is 16.2. The van der Waals surface area contributed by atoms with Gasteiger partial charge in [0.25, 0.3) is 0 Å². The quantitative estimate of drug-likeness (QED) is 0.854. The van der Waals surface area contributed by atoms with Gasteiger partial charge in [0.2, 0.25) is 11.8 Å². The van der Waals surface area contributed by atoms with Crippen LogP contribution < -0.4 is 5.32 Å². The largest absolute Gasteiger partial charge is 0.342 e. The van der Waals surface area contributed by atoms with Gasteiger partial charge in [-0.3, -0.25) is 9.59 Å². The van der Waals surface area contributed by atoms with E-state index in [1.54, 1.807) is 0 Å². The van der Waals surface area contributed by atoms with Crippen LogP contribution in [0, 0.1) is 23.7 Å². The number of carbonyl (C=O) groups excluding carboxylic acids is 2. The number of hydrogen-bond acceptors (Lipinski definition) is 3. The van der Waals surface area contributed by atoms with Crippen molar-refractivity contribution in [1.29, 1.82) is 0 Å². The average molecular weight is 335 g/mol. The third kappa shape index (κ3) is 3.76. The molecule has 0 saturated carbocycles. The van der Waals surface area contributed by atoms with Crippen molar-refractivity contribution in [3.05, 3.63) is 0 Å². The van der Waals surface area contributed by atoms with Crippen LogP contribution in [-0.2, 0) is 9.59 Å². The SMILES string of the molecule is CCC(C)C(=O)N1CCCC(C(=O)N2CC[C@@H]3CNC[C@@H]3CC2)C1. The van der Waals surface area contributed by atoms with E-state index in [1.165, 1.54) is 0 Å². The fourth-order valence-electron chi connectivity index (χ4n) is 4.56. The maximum Gasteiger partial charge on any atom is 0.227 e. The number of hydrogen-bond donors (Lipinski definition) is 1. The molecule has 1 N–H and O–H groups in total. The number of piperidine rings is 1. The molecule has 3 fully saturated rings. The molecular formula is C19H33N3O2. The first-order chi connectivity index (χ1) is 11.6. The van der Waals surface area contributed by atoms with Crippen LogP contribution in [0.5, 0.6) is 0 Å². The van der Waals surface area contributed by atoms with E-state index < -0.39 is 0 Å². The first kappa shape index (κ1) is 17.7. The third-order valence-electron chi connectivity index (χ3n) is 6.45. The van der Waals surface area contributed by atoms with Crippen molar-refractivity contribution >= 4 is 11.8 Å². The highest BCUT2D eigenvalue weighted by Crippen LogP contribution is 2.29. The van der Waals surface area contributed by atoms with Gasteiger partial charge in [0.1, 0.15) is 0 Å². The van der Waals surface area contributed by atoms with Crippen LogP contribution in [0.3, 0.4) is 0 Å². The molecule has 0 radical (unpaired) electrons. The van der Waals surface area contributed by atoms with Crippen molar-refractivity contribution in [2.45, 2.75) is 46.0 Å². The fraction of sp³-hybridized carbons (Fsp3) is 0.895. The van der Waals surface area contributed by atoms with Crippen molar-refractivity contribution in [3.63, 3.8) is 0 Å². The first-order valence-electron chi connectivity index (χ1n) is 9.88. The van der Waals surface area contributed by atoms with E-state index in [2.05, 4.69) is 17.1 Å². The summed E-state index contributed by atoms with van der Waals surface area (Å²) in [5.74, 6) is 2.11. The van der Waals surface area contributed by atoms with Crippen LogP contribution in [0.4, 0.5) is 0 Å². The van der Waals surface area contributed by atoms with Gasteiger partial charge >= 0.3 is 0 Å². The molecule has 0 aromatic carbocycles. The minimum Gasteiger partial charge on any atom is -0.342 e. The zero-order valence-electron chi connectivity index (χ0n) is 15.3. The van der Waals surface area contributed by atoms with Gasteiger partial charge in [-0.25, -0.2) is 0 Å². The van der Waals surface area contributed by atoms with E-state index in [-0.39, 0.29) is 17.7 Å².